The number of hydrogen-bond acceptors (Lipinski definition) is 5. The third-order valence-corrected chi connectivity index (χ3v) is 5.34. The molecule has 8 heteroatoms. The van der Waals surface area contributed by atoms with Gasteiger partial charge >= 0.3 is 6.03 Å². The molecule has 3 rings (SSSR count). The lowest BCUT2D eigenvalue weighted by atomic mass is 10.2. The van der Waals surface area contributed by atoms with E-state index < -0.39 is 0 Å². The smallest absolute Gasteiger partial charge is 0.326 e. The van der Waals surface area contributed by atoms with Crippen molar-refractivity contribution in [3.63, 3.8) is 0 Å². The van der Waals surface area contributed by atoms with Crippen molar-refractivity contribution in [1.82, 2.24) is 20.1 Å². The number of carbonyl (C=O) groups is 3. The number of fused-ring (bicyclic) bond motifs is 1. The summed E-state index contributed by atoms with van der Waals surface area (Å²) in [6.45, 7) is 1.01. The van der Waals surface area contributed by atoms with Gasteiger partial charge in [-0.05, 0) is 25.0 Å². The molecule has 0 aliphatic carbocycles. The molecule has 0 unspecified atom stereocenters. The second-order valence-electron chi connectivity index (χ2n) is 6.32. The maximum atomic E-state index is 11.9. The number of hydrogen-bond donors (Lipinski definition) is 1. The summed E-state index contributed by atoms with van der Waals surface area (Å²) in [6.07, 6.45) is 2.46. The van der Waals surface area contributed by atoms with E-state index in [1.54, 1.807) is 18.4 Å². The van der Waals surface area contributed by atoms with Crippen LogP contribution in [0.3, 0.4) is 0 Å². The zero-order valence-corrected chi connectivity index (χ0v) is 15.6. The number of nitrogens with one attached hydrogen (secondary N) is 1. The van der Waals surface area contributed by atoms with E-state index >= 15 is 0 Å². The fourth-order valence-corrected chi connectivity index (χ4v) is 3.88. The summed E-state index contributed by atoms with van der Waals surface area (Å²) in [5.41, 5.74) is 1.02. The average molecular weight is 374 g/mol. The second kappa shape index (κ2) is 8.27. The molecule has 0 atom stereocenters. The molecule has 1 aromatic carbocycles. The Morgan fingerprint density at radius 1 is 1.27 bits per heavy atom. The van der Waals surface area contributed by atoms with Crippen LogP contribution < -0.4 is 5.32 Å². The van der Waals surface area contributed by atoms with Crippen LogP contribution in [-0.4, -0.2) is 59.3 Å². The molecule has 138 valence electrons. The van der Waals surface area contributed by atoms with Crippen LogP contribution in [0.2, 0.25) is 0 Å². The molecular formula is C18H22N4O3S. The standard InChI is InChI=1S/C18H22N4O3S/c1-21-12-17(24)22(18(21)25)11-5-8-15(23)19-10-4-9-16-20-13-6-2-3-7-14(13)26-16/h2-3,6-7H,4-5,8-12H2,1H3,(H,19,23). The van der Waals surface area contributed by atoms with Crippen molar-refractivity contribution in [3.8, 4) is 0 Å². The van der Waals surface area contributed by atoms with Gasteiger partial charge in [0.25, 0.3) is 0 Å². The first-order chi connectivity index (χ1) is 12.5. The van der Waals surface area contributed by atoms with E-state index in [1.165, 1.54) is 14.5 Å². The van der Waals surface area contributed by atoms with Gasteiger partial charge in [0.2, 0.25) is 11.8 Å². The predicted octanol–water partition coefficient (Wildman–Crippen LogP) is 2.02. The average Bonchev–Trinajstić information content (AvgIpc) is 3.14. The molecule has 1 aliphatic heterocycles. The zero-order chi connectivity index (χ0) is 18.5. The maximum Gasteiger partial charge on any atom is 0.326 e. The van der Waals surface area contributed by atoms with Crippen LogP contribution in [0.25, 0.3) is 10.2 Å². The number of urea groups is 1. The molecule has 7 nitrogen and oxygen atoms in total. The van der Waals surface area contributed by atoms with Crippen LogP contribution in [0.1, 0.15) is 24.3 Å². The Labute approximate surface area is 156 Å². The number of rotatable bonds is 8. The fourth-order valence-electron chi connectivity index (χ4n) is 2.87. The van der Waals surface area contributed by atoms with Crippen LogP contribution >= 0.6 is 11.3 Å². The lowest BCUT2D eigenvalue weighted by molar-refractivity contribution is -0.126. The van der Waals surface area contributed by atoms with Crippen molar-refractivity contribution in [2.45, 2.75) is 25.7 Å². The monoisotopic (exact) mass is 374 g/mol. The highest BCUT2D eigenvalue weighted by atomic mass is 32.1. The largest absolute Gasteiger partial charge is 0.356 e. The summed E-state index contributed by atoms with van der Waals surface area (Å²) in [6, 6.07) is 7.77. The lowest BCUT2D eigenvalue weighted by Crippen LogP contribution is -2.33. The molecule has 0 spiro atoms. The summed E-state index contributed by atoms with van der Waals surface area (Å²) in [5, 5.41) is 3.96. The Kier molecular flexibility index (Phi) is 5.82. The van der Waals surface area contributed by atoms with E-state index in [9.17, 15) is 14.4 Å². The van der Waals surface area contributed by atoms with Gasteiger partial charge in [-0.1, -0.05) is 12.1 Å². The Bertz CT molecular complexity index is 787. The SMILES string of the molecule is CN1CC(=O)N(CCCC(=O)NCCCc2nc3ccccc3s2)C1=O. The number of amides is 4. The first kappa shape index (κ1) is 18.3. The number of benzene rings is 1. The molecule has 1 saturated heterocycles. The van der Waals surface area contributed by atoms with Crippen LogP contribution in [0.5, 0.6) is 0 Å². The molecule has 1 aromatic heterocycles. The Balaban J connectivity index is 1.32. The quantitative estimate of drug-likeness (QED) is 0.566. The highest BCUT2D eigenvalue weighted by molar-refractivity contribution is 7.18. The van der Waals surface area contributed by atoms with E-state index in [0.717, 1.165) is 23.4 Å². The van der Waals surface area contributed by atoms with Gasteiger partial charge < -0.3 is 10.2 Å². The van der Waals surface area contributed by atoms with Crippen LogP contribution in [-0.2, 0) is 16.0 Å². The van der Waals surface area contributed by atoms with Crippen molar-refractivity contribution in [1.29, 1.82) is 0 Å². The molecule has 4 amide bonds. The molecule has 26 heavy (non-hydrogen) atoms. The van der Waals surface area contributed by atoms with Crippen molar-refractivity contribution in [2.75, 3.05) is 26.7 Å². The third kappa shape index (κ3) is 4.37. The van der Waals surface area contributed by atoms with E-state index in [-0.39, 0.29) is 24.4 Å². The Morgan fingerprint density at radius 2 is 2.08 bits per heavy atom. The first-order valence-electron chi connectivity index (χ1n) is 8.71. The number of aromatic nitrogens is 1. The van der Waals surface area contributed by atoms with Crippen molar-refractivity contribution in [3.05, 3.63) is 29.3 Å². The Hall–Kier alpha value is -2.48. The molecule has 0 bridgehead atoms. The van der Waals surface area contributed by atoms with E-state index in [1.807, 2.05) is 18.2 Å². The highest BCUT2D eigenvalue weighted by Crippen LogP contribution is 2.22. The van der Waals surface area contributed by atoms with Gasteiger partial charge in [-0.25, -0.2) is 9.78 Å². The number of para-hydroxylation sites is 1. The lowest BCUT2D eigenvalue weighted by Gasteiger charge is -2.13. The van der Waals surface area contributed by atoms with Crippen LogP contribution in [0, 0.1) is 0 Å². The summed E-state index contributed by atoms with van der Waals surface area (Å²) in [4.78, 5) is 42.4. The van der Waals surface area contributed by atoms with Gasteiger partial charge in [0, 0.05) is 33.0 Å². The summed E-state index contributed by atoms with van der Waals surface area (Å²) >= 11 is 1.69. The minimum atomic E-state index is -0.286. The summed E-state index contributed by atoms with van der Waals surface area (Å²) in [7, 11) is 1.60. The second-order valence-corrected chi connectivity index (χ2v) is 7.43. The van der Waals surface area contributed by atoms with E-state index in [2.05, 4.69) is 16.4 Å². The van der Waals surface area contributed by atoms with E-state index in [0.29, 0.717) is 25.9 Å². The van der Waals surface area contributed by atoms with Gasteiger partial charge in [0.05, 0.1) is 15.2 Å². The number of aryl methyl sites for hydroxylation is 1. The topological polar surface area (TPSA) is 82.6 Å². The molecule has 1 N–H and O–H groups in total. The van der Waals surface area contributed by atoms with Crippen LogP contribution in [0.4, 0.5) is 4.79 Å². The summed E-state index contributed by atoms with van der Waals surface area (Å²) in [5.74, 6) is -0.254. The van der Waals surface area contributed by atoms with Gasteiger partial charge in [0.1, 0.15) is 6.54 Å². The van der Waals surface area contributed by atoms with Crippen molar-refractivity contribution in [2.24, 2.45) is 0 Å². The maximum absolute atomic E-state index is 11.9. The van der Waals surface area contributed by atoms with Gasteiger partial charge in [-0.15, -0.1) is 11.3 Å². The normalized spacial score (nSPS) is 14.5. The molecule has 1 fully saturated rings. The molecule has 0 radical (unpaired) electrons. The molecular weight excluding hydrogens is 352 g/mol. The number of nitrogens with zero attached hydrogens (tertiary/aromatic N) is 3. The van der Waals surface area contributed by atoms with Gasteiger partial charge in [-0.2, -0.15) is 0 Å². The first-order valence-corrected chi connectivity index (χ1v) is 9.53. The van der Waals surface area contributed by atoms with Crippen LogP contribution in [0.15, 0.2) is 24.3 Å². The van der Waals surface area contributed by atoms with Crippen molar-refractivity contribution >= 4 is 39.4 Å². The zero-order valence-electron chi connectivity index (χ0n) is 14.7. The number of carbonyl (C=O) groups excluding carboxylic acids is 3. The molecule has 0 saturated carbocycles. The third-order valence-electron chi connectivity index (χ3n) is 4.24. The molecule has 1 aliphatic rings. The number of imide groups is 1. The number of thiazole rings is 1. The number of likely N-dealkylation sites (N-methyl/N-ethyl adjacent to an activating group) is 1. The van der Waals surface area contributed by atoms with Crippen molar-refractivity contribution < 1.29 is 14.4 Å². The van der Waals surface area contributed by atoms with E-state index in [4.69, 9.17) is 0 Å². The fraction of sp³-hybridized carbons (Fsp3) is 0.444. The minimum Gasteiger partial charge on any atom is -0.356 e. The van der Waals surface area contributed by atoms with Gasteiger partial charge in [-0.3, -0.25) is 14.5 Å². The minimum absolute atomic E-state index is 0.0539. The molecule has 2 aromatic rings. The highest BCUT2D eigenvalue weighted by Gasteiger charge is 2.32. The summed E-state index contributed by atoms with van der Waals surface area (Å²) < 4.78 is 1.18. The van der Waals surface area contributed by atoms with Gasteiger partial charge in [0.15, 0.2) is 0 Å². The Morgan fingerprint density at radius 3 is 2.81 bits per heavy atom. The predicted molar refractivity (Wildman–Crippen MR) is 99.9 cm³/mol. The molecule has 2 heterocycles.